The number of carboxylic acids is 1. The predicted octanol–water partition coefficient (Wildman–Crippen LogP) is 5.13. The Morgan fingerprint density at radius 3 is 2.71 bits per heavy atom. The molecule has 2 N–H and O–H groups in total. The van der Waals surface area contributed by atoms with Gasteiger partial charge in [0.1, 0.15) is 5.75 Å². The molecule has 0 saturated heterocycles. The van der Waals surface area contributed by atoms with Crippen molar-refractivity contribution in [1.82, 2.24) is 9.97 Å². The normalized spacial score (nSPS) is 14.2. The topological polar surface area (TPSA) is 102 Å². The SMILES string of the molecule is Cc1cc2nc(CO)ccc2c(-c2ccc3c4c(ccnc24)CCO3)c1[C@H](OC(C)(C)C)C(=O)O. The summed E-state index contributed by atoms with van der Waals surface area (Å²) in [6, 6.07) is 11.4. The quantitative estimate of drug-likeness (QED) is 0.415. The molecule has 0 saturated carbocycles. The Labute approximate surface area is 203 Å². The molecule has 2 aromatic carbocycles. The summed E-state index contributed by atoms with van der Waals surface area (Å²) in [5.74, 6) is -0.291. The molecule has 35 heavy (non-hydrogen) atoms. The maximum Gasteiger partial charge on any atom is 0.337 e. The van der Waals surface area contributed by atoms with E-state index in [1.54, 1.807) is 12.3 Å². The van der Waals surface area contributed by atoms with Gasteiger partial charge in [0.2, 0.25) is 0 Å². The summed E-state index contributed by atoms with van der Waals surface area (Å²) in [5, 5.41) is 21.6. The maximum absolute atomic E-state index is 12.6. The summed E-state index contributed by atoms with van der Waals surface area (Å²) >= 11 is 0. The van der Waals surface area contributed by atoms with Crippen molar-refractivity contribution in [3.63, 3.8) is 0 Å². The van der Waals surface area contributed by atoms with E-state index in [-0.39, 0.29) is 6.61 Å². The highest BCUT2D eigenvalue weighted by Crippen LogP contribution is 2.44. The van der Waals surface area contributed by atoms with Crippen molar-refractivity contribution < 1.29 is 24.5 Å². The first-order valence-corrected chi connectivity index (χ1v) is 11.7. The Balaban J connectivity index is 1.91. The third-order valence-electron chi connectivity index (χ3n) is 6.26. The number of carboxylic acid groups (broad SMARTS) is 1. The number of aryl methyl sites for hydroxylation is 1. The Bertz CT molecular complexity index is 1460. The molecule has 3 heterocycles. The number of aliphatic hydroxyl groups is 1. The first-order valence-electron chi connectivity index (χ1n) is 11.7. The van der Waals surface area contributed by atoms with Crippen molar-refractivity contribution in [2.75, 3.05) is 6.61 Å². The van der Waals surface area contributed by atoms with Crippen molar-refractivity contribution in [3.05, 3.63) is 65.0 Å². The number of fused-ring (bicyclic) bond motifs is 1. The number of ether oxygens (including phenoxy) is 2. The van der Waals surface area contributed by atoms with Crippen molar-refractivity contribution in [2.45, 2.75) is 52.4 Å². The second-order valence-electron chi connectivity index (χ2n) is 9.86. The van der Waals surface area contributed by atoms with Gasteiger partial charge >= 0.3 is 5.97 Å². The summed E-state index contributed by atoms with van der Waals surface area (Å²) in [6.45, 7) is 7.82. The minimum Gasteiger partial charge on any atom is -0.493 e. The number of pyridine rings is 2. The minimum absolute atomic E-state index is 0.184. The fourth-order valence-electron chi connectivity index (χ4n) is 4.87. The third-order valence-corrected chi connectivity index (χ3v) is 6.26. The van der Waals surface area contributed by atoms with Gasteiger partial charge in [-0.2, -0.15) is 0 Å². The van der Waals surface area contributed by atoms with Crippen molar-refractivity contribution >= 4 is 27.8 Å². The predicted molar refractivity (Wildman–Crippen MR) is 134 cm³/mol. The van der Waals surface area contributed by atoms with Crippen LogP contribution in [-0.2, 0) is 22.6 Å². The molecular weight excluding hydrogens is 444 g/mol. The summed E-state index contributed by atoms with van der Waals surface area (Å²) in [5.41, 5.74) is 5.24. The maximum atomic E-state index is 12.6. The first kappa shape index (κ1) is 23.2. The number of carbonyl (C=O) groups is 1. The Kier molecular flexibility index (Phi) is 5.69. The lowest BCUT2D eigenvalue weighted by Crippen LogP contribution is -2.28. The minimum atomic E-state index is -1.20. The molecule has 1 aliphatic heterocycles. The number of benzene rings is 2. The molecule has 0 radical (unpaired) electrons. The zero-order chi connectivity index (χ0) is 24.9. The van der Waals surface area contributed by atoms with Crippen LogP contribution in [0.1, 0.15) is 49.3 Å². The monoisotopic (exact) mass is 472 g/mol. The molecule has 0 bridgehead atoms. The summed E-state index contributed by atoms with van der Waals surface area (Å²) in [4.78, 5) is 21.9. The van der Waals surface area contributed by atoms with Gasteiger partial charge in [-0.15, -0.1) is 0 Å². The van der Waals surface area contributed by atoms with Gasteiger partial charge in [-0.05, 0) is 74.7 Å². The largest absolute Gasteiger partial charge is 0.493 e. The Hall–Kier alpha value is -3.55. The highest BCUT2D eigenvalue weighted by Gasteiger charge is 2.32. The Morgan fingerprint density at radius 1 is 1.20 bits per heavy atom. The van der Waals surface area contributed by atoms with Crippen molar-refractivity contribution in [3.8, 4) is 16.9 Å². The zero-order valence-corrected chi connectivity index (χ0v) is 20.3. The van der Waals surface area contributed by atoms with Gasteiger partial charge in [0.25, 0.3) is 0 Å². The van der Waals surface area contributed by atoms with Crippen LogP contribution in [0.5, 0.6) is 5.75 Å². The third kappa shape index (κ3) is 4.11. The molecule has 2 aromatic heterocycles. The van der Waals surface area contributed by atoms with Gasteiger partial charge in [-0.3, -0.25) is 9.97 Å². The summed E-state index contributed by atoms with van der Waals surface area (Å²) < 4.78 is 12.0. The van der Waals surface area contributed by atoms with Crippen LogP contribution in [0.3, 0.4) is 0 Å². The van der Waals surface area contributed by atoms with Crippen LogP contribution < -0.4 is 4.74 Å². The molecule has 0 fully saturated rings. The van der Waals surface area contributed by atoms with E-state index in [1.165, 1.54) is 0 Å². The highest BCUT2D eigenvalue weighted by molar-refractivity contribution is 6.08. The molecule has 4 aromatic rings. The highest BCUT2D eigenvalue weighted by atomic mass is 16.5. The van der Waals surface area contributed by atoms with Crippen LogP contribution in [-0.4, -0.2) is 38.4 Å². The number of aliphatic carboxylic acids is 1. The van der Waals surface area contributed by atoms with Gasteiger partial charge in [0.15, 0.2) is 6.10 Å². The number of aromatic nitrogens is 2. The molecule has 0 spiro atoms. The average molecular weight is 473 g/mol. The zero-order valence-electron chi connectivity index (χ0n) is 20.3. The van der Waals surface area contributed by atoms with E-state index < -0.39 is 17.7 Å². The smallest absolute Gasteiger partial charge is 0.337 e. The van der Waals surface area contributed by atoms with Crippen LogP contribution >= 0.6 is 0 Å². The van der Waals surface area contributed by atoms with Crippen LogP contribution in [0.25, 0.3) is 32.9 Å². The molecule has 5 rings (SSSR count). The van der Waals surface area contributed by atoms with Gasteiger partial charge in [-0.25, -0.2) is 4.79 Å². The average Bonchev–Trinajstić information content (AvgIpc) is 2.82. The van der Waals surface area contributed by atoms with Gasteiger partial charge in [0.05, 0.1) is 35.5 Å². The van der Waals surface area contributed by atoms with Crippen LogP contribution in [0.15, 0.2) is 42.6 Å². The van der Waals surface area contributed by atoms with Crippen LogP contribution in [0, 0.1) is 6.92 Å². The lowest BCUT2D eigenvalue weighted by atomic mass is 9.86. The van der Waals surface area contributed by atoms with Crippen LogP contribution in [0.4, 0.5) is 0 Å². The summed E-state index contributed by atoms with van der Waals surface area (Å²) in [6.07, 6.45) is 1.37. The fourth-order valence-corrected chi connectivity index (χ4v) is 4.87. The molecule has 0 amide bonds. The number of hydrogen-bond donors (Lipinski definition) is 2. The van der Waals surface area contributed by atoms with Gasteiger partial charge in [0, 0.05) is 34.5 Å². The second kappa shape index (κ2) is 8.59. The van der Waals surface area contributed by atoms with E-state index >= 15 is 0 Å². The molecule has 0 unspecified atom stereocenters. The van der Waals surface area contributed by atoms with E-state index in [2.05, 4.69) is 4.98 Å². The second-order valence-corrected chi connectivity index (χ2v) is 9.86. The summed E-state index contributed by atoms with van der Waals surface area (Å²) in [7, 11) is 0. The van der Waals surface area contributed by atoms with Gasteiger partial charge in [-0.1, -0.05) is 6.07 Å². The number of nitrogens with zero attached hydrogens (tertiary/aromatic N) is 2. The van der Waals surface area contributed by atoms with E-state index in [4.69, 9.17) is 14.5 Å². The fraction of sp³-hybridized carbons (Fsp3) is 0.321. The van der Waals surface area contributed by atoms with Gasteiger partial charge < -0.3 is 19.7 Å². The number of aliphatic hydroxyl groups excluding tert-OH is 1. The van der Waals surface area contributed by atoms with E-state index in [1.807, 2.05) is 58.0 Å². The van der Waals surface area contributed by atoms with E-state index in [0.29, 0.717) is 23.4 Å². The van der Waals surface area contributed by atoms with Crippen molar-refractivity contribution in [2.24, 2.45) is 0 Å². The molecule has 7 heteroatoms. The lowest BCUT2D eigenvalue weighted by Gasteiger charge is -2.29. The van der Waals surface area contributed by atoms with Crippen LogP contribution in [0.2, 0.25) is 0 Å². The Morgan fingerprint density at radius 2 is 2.00 bits per heavy atom. The lowest BCUT2D eigenvalue weighted by molar-refractivity contribution is -0.160. The standard InChI is InChI=1S/C28H28N2O5/c1-15-13-20-18(6-5-17(14-31)30-20)24(22(15)26(27(32)33)35-28(2,3)4)19-7-8-21-23-16(10-12-34-21)9-11-29-25(19)23/h5-9,11,13,26,31H,10,12,14H2,1-4H3,(H,32,33)/t26-/m0/s1. The van der Waals surface area contributed by atoms with E-state index in [0.717, 1.165) is 50.7 Å². The molecular formula is C28H28N2O5. The molecule has 7 nitrogen and oxygen atoms in total. The first-order chi connectivity index (χ1) is 16.7. The number of hydrogen-bond acceptors (Lipinski definition) is 6. The molecule has 180 valence electrons. The number of rotatable bonds is 5. The van der Waals surface area contributed by atoms with Crippen molar-refractivity contribution in [1.29, 1.82) is 0 Å². The molecule has 0 aliphatic carbocycles. The molecule has 1 aliphatic rings. The molecule has 1 atom stereocenters. The van der Waals surface area contributed by atoms with E-state index in [9.17, 15) is 15.0 Å².